The van der Waals surface area contributed by atoms with Crippen molar-refractivity contribution in [2.24, 2.45) is 0 Å². The summed E-state index contributed by atoms with van der Waals surface area (Å²) >= 11 is 5.86. The predicted octanol–water partition coefficient (Wildman–Crippen LogP) is 3.37. The second-order valence-corrected chi connectivity index (χ2v) is 5.52. The fourth-order valence-corrected chi connectivity index (χ4v) is 2.56. The molecule has 21 heavy (non-hydrogen) atoms. The molecule has 1 fully saturated rings. The van der Waals surface area contributed by atoms with Crippen molar-refractivity contribution in [3.05, 3.63) is 35.2 Å². The summed E-state index contributed by atoms with van der Waals surface area (Å²) in [5.41, 5.74) is 0.0426. The largest absolute Gasteiger partial charge is 0.465 e. The van der Waals surface area contributed by atoms with Gasteiger partial charge in [-0.2, -0.15) is 4.98 Å². The normalized spacial score (nSPS) is 16.3. The van der Waals surface area contributed by atoms with Crippen LogP contribution in [0.3, 0.4) is 0 Å². The van der Waals surface area contributed by atoms with E-state index in [4.69, 9.17) is 20.9 Å². The van der Waals surface area contributed by atoms with Gasteiger partial charge in [0.2, 0.25) is 11.7 Å². The zero-order valence-electron chi connectivity index (χ0n) is 11.6. The average Bonchev–Trinajstić information content (AvgIpc) is 2.88. The van der Waals surface area contributed by atoms with Crippen LogP contribution in [0.2, 0.25) is 5.02 Å². The SMILES string of the molecule is CCOC(=O)C1(c2nc(-c3ccc(Cl)cc3)no2)CCC1. The minimum Gasteiger partial charge on any atom is -0.465 e. The number of nitrogens with zero attached hydrogens (tertiary/aromatic N) is 2. The second kappa shape index (κ2) is 5.48. The molecule has 1 aliphatic rings. The molecule has 0 radical (unpaired) electrons. The minimum atomic E-state index is -0.756. The Morgan fingerprint density at radius 2 is 2.10 bits per heavy atom. The van der Waals surface area contributed by atoms with Crippen molar-refractivity contribution < 1.29 is 14.1 Å². The van der Waals surface area contributed by atoms with E-state index in [2.05, 4.69) is 10.1 Å². The first kappa shape index (κ1) is 14.1. The summed E-state index contributed by atoms with van der Waals surface area (Å²) in [5, 5.41) is 4.61. The van der Waals surface area contributed by atoms with Gasteiger partial charge in [0.25, 0.3) is 0 Å². The molecule has 0 atom stereocenters. The maximum atomic E-state index is 12.2. The number of benzene rings is 1. The average molecular weight is 307 g/mol. The third-order valence-electron chi connectivity index (χ3n) is 3.81. The van der Waals surface area contributed by atoms with Gasteiger partial charge in [0.05, 0.1) is 6.61 Å². The molecule has 0 saturated heterocycles. The molecule has 1 saturated carbocycles. The summed E-state index contributed by atoms with van der Waals surface area (Å²) in [5.74, 6) is 0.525. The lowest BCUT2D eigenvalue weighted by molar-refractivity contribution is -0.155. The molecule has 1 aromatic carbocycles. The maximum Gasteiger partial charge on any atom is 0.321 e. The van der Waals surface area contributed by atoms with Crippen LogP contribution in [0.25, 0.3) is 11.4 Å². The highest BCUT2D eigenvalue weighted by molar-refractivity contribution is 6.30. The van der Waals surface area contributed by atoms with Crippen molar-refractivity contribution in [2.75, 3.05) is 6.61 Å². The van der Waals surface area contributed by atoms with Crippen LogP contribution in [0.1, 0.15) is 32.1 Å². The van der Waals surface area contributed by atoms with Gasteiger partial charge in [0, 0.05) is 10.6 Å². The highest BCUT2D eigenvalue weighted by Crippen LogP contribution is 2.44. The van der Waals surface area contributed by atoms with Crippen molar-refractivity contribution in [1.29, 1.82) is 0 Å². The fraction of sp³-hybridized carbons (Fsp3) is 0.400. The molecule has 5 nitrogen and oxygen atoms in total. The summed E-state index contributed by atoms with van der Waals surface area (Å²) in [4.78, 5) is 16.6. The minimum absolute atomic E-state index is 0.275. The van der Waals surface area contributed by atoms with E-state index in [1.165, 1.54) is 0 Å². The van der Waals surface area contributed by atoms with Gasteiger partial charge in [-0.3, -0.25) is 4.79 Å². The zero-order valence-corrected chi connectivity index (χ0v) is 12.4. The summed E-state index contributed by atoms with van der Waals surface area (Å²) in [6, 6.07) is 7.15. The van der Waals surface area contributed by atoms with Crippen LogP contribution < -0.4 is 0 Å². The van der Waals surface area contributed by atoms with Crippen LogP contribution in [-0.4, -0.2) is 22.7 Å². The zero-order chi connectivity index (χ0) is 14.9. The number of halogens is 1. The number of hydrogen-bond acceptors (Lipinski definition) is 5. The number of ether oxygens (including phenoxy) is 1. The summed E-state index contributed by atoms with van der Waals surface area (Å²) in [7, 11) is 0. The number of esters is 1. The molecule has 2 aromatic rings. The van der Waals surface area contributed by atoms with Crippen LogP contribution >= 0.6 is 11.6 Å². The topological polar surface area (TPSA) is 65.2 Å². The van der Waals surface area contributed by atoms with Gasteiger partial charge in [0.15, 0.2) is 0 Å². The Labute approximate surface area is 127 Å². The Morgan fingerprint density at radius 1 is 1.38 bits per heavy atom. The second-order valence-electron chi connectivity index (χ2n) is 5.09. The standard InChI is InChI=1S/C15H15ClN2O3/c1-2-20-14(19)15(8-3-9-15)13-17-12(18-21-13)10-4-6-11(16)7-5-10/h4-7H,2-3,8-9H2,1H3. The molecule has 110 valence electrons. The first-order valence-electron chi connectivity index (χ1n) is 6.93. The van der Waals surface area contributed by atoms with Crippen molar-refractivity contribution in [3.63, 3.8) is 0 Å². The number of hydrogen-bond donors (Lipinski definition) is 0. The maximum absolute atomic E-state index is 12.2. The third kappa shape index (κ3) is 2.42. The first-order chi connectivity index (χ1) is 10.2. The van der Waals surface area contributed by atoms with E-state index >= 15 is 0 Å². The Morgan fingerprint density at radius 3 is 2.67 bits per heavy atom. The monoisotopic (exact) mass is 306 g/mol. The number of aromatic nitrogens is 2. The van der Waals surface area contributed by atoms with E-state index < -0.39 is 5.41 Å². The molecule has 0 spiro atoms. The Balaban J connectivity index is 1.90. The van der Waals surface area contributed by atoms with Gasteiger partial charge >= 0.3 is 5.97 Å². The highest BCUT2D eigenvalue weighted by Gasteiger charge is 2.51. The van der Waals surface area contributed by atoms with E-state index in [1.54, 1.807) is 19.1 Å². The molecule has 1 heterocycles. The number of carbonyl (C=O) groups excluding carboxylic acids is 1. The van der Waals surface area contributed by atoms with Crippen LogP contribution in [0, 0.1) is 0 Å². The van der Waals surface area contributed by atoms with Crippen LogP contribution in [-0.2, 0) is 14.9 Å². The molecule has 6 heteroatoms. The summed E-state index contributed by atoms with van der Waals surface area (Å²) < 4.78 is 10.5. The molecule has 0 unspecified atom stereocenters. The van der Waals surface area contributed by atoms with Crippen LogP contribution in [0.4, 0.5) is 0 Å². The lowest BCUT2D eigenvalue weighted by Crippen LogP contribution is -2.44. The quantitative estimate of drug-likeness (QED) is 0.810. The van der Waals surface area contributed by atoms with Gasteiger partial charge in [-0.1, -0.05) is 23.2 Å². The van der Waals surface area contributed by atoms with Crippen molar-refractivity contribution >= 4 is 17.6 Å². The molecular formula is C15H15ClN2O3. The molecule has 0 N–H and O–H groups in total. The van der Waals surface area contributed by atoms with Gasteiger partial charge in [-0.15, -0.1) is 0 Å². The van der Waals surface area contributed by atoms with Crippen LogP contribution in [0.5, 0.6) is 0 Å². The van der Waals surface area contributed by atoms with Crippen molar-refractivity contribution in [3.8, 4) is 11.4 Å². The lowest BCUT2D eigenvalue weighted by atomic mass is 9.68. The van der Waals surface area contributed by atoms with Crippen molar-refractivity contribution in [2.45, 2.75) is 31.6 Å². The van der Waals surface area contributed by atoms with E-state index in [9.17, 15) is 4.79 Å². The summed E-state index contributed by atoms with van der Waals surface area (Å²) in [6.45, 7) is 2.13. The number of carbonyl (C=O) groups is 1. The Kier molecular flexibility index (Phi) is 3.68. The lowest BCUT2D eigenvalue weighted by Gasteiger charge is -2.35. The molecule has 1 aromatic heterocycles. The smallest absolute Gasteiger partial charge is 0.321 e. The van der Waals surface area contributed by atoms with E-state index in [-0.39, 0.29) is 5.97 Å². The summed E-state index contributed by atoms with van der Waals surface area (Å²) in [6.07, 6.45) is 2.33. The van der Waals surface area contributed by atoms with Gasteiger partial charge < -0.3 is 9.26 Å². The van der Waals surface area contributed by atoms with Gasteiger partial charge in [-0.25, -0.2) is 0 Å². The van der Waals surface area contributed by atoms with E-state index in [0.717, 1.165) is 12.0 Å². The Bertz CT molecular complexity index is 647. The Hall–Kier alpha value is -1.88. The molecule has 0 amide bonds. The highest BCUT2D eigenvalue weighted by atomic mass is 35.5. The van der Waals surface area contributed by atoms with E-state index in [1.807, 2.05) is 12.1 Å². The van der Waals surface area contributed by atoms with Crippen LogP contribution in [0.15, 0.2) is 28.8 Å². The predicted molar refractivity (Wildman–Crippen MR) is 76.9 cm³/mol. The molecular weight excluding hydrogens is 292 g/mol. The van der Waals surface area contributed by atoms with Gasteiger partial charge in [-0.05, 0) is 44.0 Å². The third-order valence-corrected chi connectivity index (χ3v) is 4.06. The fourth-order valence-electron chi connectivity index (χ4n) is 2.44. The van der Waals surface area contributed by atoms with Crippen molar-refractivity contribution in [1.82, 2.24) is 10.1 Å². The van der Waals surface area contributed by atoms with E-state index in [0.29, 0.717) is 36.2 Å². The molecule has 0 bridgehead atoms. The first-order valence-corrected chi connectivity index (χ1v) is 7.31. The molecule has 0 aliphatic heterocycles. The molecule has 1 aliphatic carbocycles. The molecule has 3 rings (SSSR count). The van der Waals surface area contributed by atoms with Gasteiger partial charge in [0.1, 0.15) is 5.41 Å². The number of rotatable bonds is 4.